The molecule has 9 nitrogen and oxygen atoms in total. The quantitative estimate of drug-likeness (QED) is 0.445. The van der Waals surface area contributed by atoms with E-state index in [4.69, 9.17) is 0 Å². The summed E-state index contributed by atoms with van der Waals surface area (Å²) >= 11 is 0. The van der Waals surface area contributed by atoms with E-state index < -0.39 is 86.3 Å². The first-order chi connectivity index (χ1) is 17.4. The summed E-state index contributed by atoms with van der Waals surface area (Å²) in [5.41, 5.74) is -6.06. The highest BCUT2D eigenvalue weighted by Gasteiger charge is 2.76. The zero-order valence-electron chi connectivity index (χ0n) is 22.6. The molecule has 0 amide bonds. The molecule has 2 N–H and O–H groups in total. The molecule has 3 aliphatic rings. The summed E-state index contributed by atoms with van der Waals surface area (Å²) in [6.45, 7) is 9.99. The van der Waals surface area contributed by atoms with Gasteiger partial charge >= 0.3 is 0 Å². The molecule has 1 aromatic rings. The minimum Gasteiger partial charge on any atom is -0.506 e. The van der Waals surface area contributed by atoms with E-state index in [0.29, 0.717) is 0 Å². The third-order valence-corrected chi connectivity index (χ3v) is 9.14. The lowest BCUT2D eigenvalue weighted by molar-refractivity contribution is -0.205. The molecule has 1 aromatic carbocycles. The topological polar surface area (TPSA) is 160 Å². The van der Waals surface area contributed by atoms with Crippen molar-refractivity contribution in [3.63, 3.8) is 0 Å². The minimum absolute atomic E-state index is 0.0554. The van der Waals surface area contributed by atoms with Gasteiger partial charge in [-0.1, -0.05) is 27.7 Å². The number of ketones is 7. The molecule has 2 saturated carbocycles. The number of aromatic hydroxyl groups is 1. The summed E-state index contributed by atoms with van der Waals surface area (Å²) in [5, 5.41) is 22.9. The number of hydrogen-bond donors (Lipinski definition) is 2. The molecule has 2 fully saturated rings. The van der Waals surface area contributed by atoms with Gasteiger partial charge in [0.15, 0.2) is 40.3 Å². The molecule has 0 spiro atoms. The van der Waals surface area contributed by atoms with Crippen molar-refractivity contribution in [2.24, 2.45) is 34.5 Å². The SMILES string of the molecule is CC(=O)c1cc(C(C)=O)c2c(c1O)C(=O)C1C(=O)[C@@]3(O)C(=O)C(C(C)=O)C(=O)C(C(C)C)[C@@]3(C)C[C@@]1(C)C2. The average molecular weight is 525 g/mol. The highest BCUT2D eigenvalue weighted by molar-refractivity contribution is 6.33. The zero-order chi connectivity index (χ0) is 28.9. The molecule has 0 heterocycles. The Morgan fingerprint density at radius 1 is 0.947 bits per heavy atom. The predicted octanol–water partition coefficient (Wildman–Crippen LogP) is 2.50. The molecule has 6 atom stereocenters. The van der Waals surface area contributed by atoms with Gasteiger partial charge in [-0.05, 0) is 56.6 Å². The maximum atomic E-state index is 14.2. The third-order valence-electron chi connectivity index (χ3n) is 9.14. The van der Waals surface area contributed by atoms with Crippen LogP contribution < -0.4 is 0 Å². The second-order valence-corrected chi connectivity index (χ2v) is 12.1. The largest absolute Gasteiger partial charge is 0.506 e. The van der Waals surface area contributed by atoms with E-state index >= 15 is 0 Å². The molecule has 0 aliphatic heterocycles. The van der Waals surface area contributed by atoms with Crippen molar-refractivity contribution in [3.8, 4) is 5.75 Å². The van der Waals surface area contributed by atoms with Gasteiger partial charge in [0.2, 0.25) is 0 Å². The van der Waals surface area contributed by atoms with Gasteiger partial charge in [0.05, 0.1) is 17.0 Å². The predicted molar refractivity (Wildman–Crippen MR) is 133 cm³/mol. The van der Waals surface area contributed by atoms with Gasteiger partial charge in [-0.25, -0.2) is 0 Å². The molecule has 3 unspecified atom stereocenters. The molecule has 202 valence electrons. The molecular weight excluding hydrogens is 492 g/mol. The van der Waals surface area contributed by atoms with Crippen LogP contribution in [0.15, 0.2) is 6.07 Å². The lowest BCUT2D eigenvalue weighted by Crippen LogP contribution is -2.76. The van der Waals surface area contributed by atoms with Crippen molar-refractivity contribution in [2.75, 3.05) is 0 Å². The zero-order valence-corrected chi connectivity index (χ0v) is 22.6. The lowest BCUT2D eigenvalue weighted by Gasteiger charge is -2.61. The number of fused-ring (bicyclic) bond motifs is 3. The van der Waals surface area contributed by atoms with Crippen LogP contribution >= 0.6 is 0 Å². The number of carbonyl (C=O) groups excluding carboxylic acids is 7. The van der Waals surface area contributed by atoms with Gasteiger partial charge in [-0.3, -0.25) is 33.6 Å². The first-order valence-corrected chi connectivity index (χ1v) is 12.7. The van der Waals surface area contributed by atoms with Crippen molar-refractivity contribution in [3.05, 3.63) is 28.3 Å². The van der Waals surface area contributed by atoms with Crippen LogP contribution in [0.2, 0.25) is 0 Å². The fourth-order valence-electron chi connectivity index (χ4n) is 7.79. The molecule has 0 bridgehead atoms. The van der Waals surface area contributed by atoms with Gasteiger partial charge in [0, 0.05) is 16.9 Å². The molecule has 3 aliphatic carbocycles. The number of phenolic OH excluding ortho intramolecular Hbond substituents is 1. The van der Waals surface area contributed by atoms with Crippen LogP contribution in [0.25, 0.3) is 0 Å². The summed E-state index contributed by atoms with van der Waals surface area (Å²) in [6.07, 6.45) is -0.171. The molecule has 0 saturated heterocycles. The molecule has 9 heteroatoms. The monoisotopic (exact) mass is 524 g/mol. The second-order valence-electron chi connectivity index (χ2n) is 12.1. The molecular formula is C29H32O9. The van der Waals surface area contributed by atoms with E-state index in [9.17, 15) is 43.8 Å². The Balaban J connectivity index is 2.04. The molecule has 38 heavy (non-hydrogen) atoms. The summed E-state index contributed by atoms with van der Waals surface area (Å²) in [6, 6.07) is 1.24. The van der Waals surface area contributed by atoms with E-state index in [1.54, 1.807) is 20.8 Å². The number of aliphatic hydroxyl groups is 1. The van der Waals surface area contributed by atoms with Crippen LogP contribution in [0, 0.1) is 34.5 Å². The molecule has 4 rings (SSSR count). The van der Waals surface area contributed by atoms with E-state index in [1.165, 1.54) is 19.9 Å². The van der Waals surface area contributed by atoms with Crippen molar-refractivity contribution in [2.45, 2.75) is 66.9 Å². The van der Waals surface area contributed by atoms with Gasteiger partial charge in [-0.2, -0.15) is 0 Å². The van der Waals surface area contributed by atoms with Gasteiger partial charge in [0.25, 0.3) is 0 Å². The van der Waals surface area contributed by atoms with Crippen LogP contribution in [-0.2, 0) is 25.6 Å². The fourth-order valence-corrected chi connectivity index (χ4v) is 7.79. The molecule has 0 radical (unpaired) electrons. The lowest BCUT2D eigenvalue weighted by atomic mass is 9.39. The van der Waals surface area contributed by atoms with Gasteiger partial charge in [-0.15, -0.1) is 0 Å². The van der Waals surface area contributed by atoms with E-state index in [2.05, 4.69) is 0 Å². The number of rotatable bonds is 4. The summed E-state index contributed by atoms with van der Waals surface area (Å²) < 4.78 is 0. The van der Waals surface area contributed by atoms with Gasteiger partial charge in [0.1, 0.15) is 17.5 Å². The number of phenols is 1. The number of carbonyl (C=O) groups is 7. The maximum Gasteiger partial charge on any atom is 0.190 e. The number of benzene rings is 1. The third kappa shape index (κ3) is 3.23. The Bertz CT molecular complexity index is 1380. The van der Waals surface area contributed by atoms with Crippen LogP contribution in [0.3, 0.4) is 0 Å². The van der Waals surface area contributed by atoms with Crippen molar-refractivity contribution in [1.82, 2.24) is 0 Å². The van der Waals surface area contributed by atoms with E-state index in [0.717, 1.165) is 13.8 Å². The first kappa shape index (κ1) is 27.7. The average Bonchev–Trinajstić information content (AvgIpc) is 2.75. The minimum atomic E-state index is -2.80. The Morgan fingerprint density at radius 2 is 1.50 bits per heavy atom. The van der Waals surface area contributed by atoms with Crippen LogP contribution in [0.4, 0.5) is 0 Å². The Kier molecular flexibility index (Phi) is 6.07. The highest BCUT2D eigenvalue weighted by Crippen LogP contribution is 2.64. The summed E-state index contributed by atoms with van der Waals surface area (Å²) in [7, 11) is 0. The normalized spacial score (nSPS) is 34.5. The van der Waals surface area contributed by atoms with Crippen molar-refractivity contribution < 1.29 is 43.8 Å². The standard InChI is InChI=1S/C29H32O9/c1-11(2)20-23(34)18(14(5)32)25(36)29(38)26(37)21-24(35)19-17(9-27(21,6)10-28(20,29)7)15(12(3)30)8-16(13(4)31)22(19)33/h8,11,18,20-21,33,38H,9-10H2,1-7H3/t18?,20?,21?,27-,28-,29+/m1/s1. The Morgan fingerprint density at radius 3 is 1.97 bits per heavy atom. The summed E-state index contributed by atoms with van der Waals surface area (Å²) in [5.74, 6) is -11.4. The Labute approximate surface area is 220 Å². The van der Waals surface area contributed by atoms with E-state index in [-0.39, 0.29) is 35.1 Å². The summed E-state index contributed by atoms with van der Waals surface area (Å²) in [4.78, 5) is 92.5. The van der Waals surface area contributed by atoms with Gasteiger partial charge < -0.3 is 10.2 Å². The maximum absolute atomic E-state index is 14.2. The molecule has 0 aromatic heterocycles. The number of hydrogen-bond acceptors (Lipinski definition) is 9. The highest BCUT2D eigenvalue weighted by atomic mass is 16.3. The van der Waals surface area contributed by atoms with Crippen molar-refractivity contribution >= 4 is 40.5 Å². The van der Waals surface area contributed by atoms with Crippen molar-refractivity contribution in [1.29, 1.82) is 0 Å². The van der Waals surface area contributed by atoms with Crippen LogP contribution in [-0.4, -0.2) is 56.3 Å². The van der Waals surface area contributed by atoms with E-state index in [1.807, 2.05) is 0 Å². The van der Waals surface area contributed by atoms with Crippen LogP contribution in [0.5, 0.6) is 5.75 Å². The fraction of sp³-hybridized carbons (Fsp3) is 0.552. The second kappa shape index (κ2) is 8.33. The first-order valence-electron chi connectivity index (χ1n) is 12.7. The van der Waals surface area contributed by atoms with Crippen LogP contribution in [0.1, 0.15) is 91.5 Å². The Hall–Kier alpha value is -3.33. The smallest absolute Gasteiger partial charge is 0.190 e. The number of Topliss-reactive ketones (excluding diaryl/α,β-unsaturated/α-hetero) is 7.